The van der Waals surface area contributed by atoms with Crippen LogP contribution in [0.25, 0.3) is 0 Å². The number of nitrogens with one attached hydrogen (secondary N) is 2. The van der Waals surface area contributed by atoms with Crippen molar-refractivity contribution in [3.8, 4) is 0 Å². The highest BCUT2D eigenvalue weighted by Crippen LogP contribution is 2.30. The maximum absolute atomic E-state index is 12.5. The van der Waals surface area contributed by atoms with Gasteiger partial charge in [0.1, 0.15) is 6.04 Å². The van der Waals surface area contributed by atoms with Crippen molar-refractivity contribution in [2.24, 2.45) is 0 Å². The molecule has 3 rings (SSSR count). The first-order chi connectivity index (χ1) is 9.17. The SMILES string of the molecule is CCN(C(=O)C1CSC(=O)N1)C1CC2CCC(C1)N2. The zero-order chi connectivity index (χ0) is 13.4. The van der Waals surface area contributed by atoms with E-state index in [4.69, 9.17) is 0 Å². The number of fused-ring (bicyclic) bond motifs is 2. The lowest BCUT2D eigenvalue weighted by Gasteiger charge is -2.38. The molecule has 2 amide bonds. The average molecular weight is 283 g/mol. The fraction of sp³-hybridized carbons (Fsp3) is 0.846. The first kappa shape index (κ1) is 13.2. The number of piperidine rings is 1. The Kier molecular flexibility index (Phi) is 3.71. The molecule has 0 aromatic heterocycles. The molecule has 3 aliphatic rings. The molecule has 0 aromatic carbocycles. The first-order valence-corrected chi connectivity index (χ1v) is 8.15. The van der Waals surface area contributed by atoms with E-state index < -0.39 is 0 Å². The molecule has 106 valence electrons. The van der Waals surface area contributed by atoms with Gasteiger partial charge in [-0.25, -0.2) is 0 Å². The molecular weight excluding hydrogens is 262 g/mol. The zero-order valence-corrected chi connectivity index (χ0v) is 12.0. The molecule has 19 heavy (non-hydrogen) atoms. The van der Waals surface area contributed by atoms with Crippen LogP contribution in [0.1, 0.15) is 32.6 Å². The monoisotopic (exact) mass is 283 g/mol. The first-order valence-electron chi connectivity index (χ1n) is 7.17. The Bertz CT molecular complexity index is 378. The summed E-state index contributed by atoms with van der Waals surface area (Å²) in [7, 11) is 0. The number of amides is 2. The summed E-state index contributed by atoms with van der Waals surface area (Å²) in [5.41, 5.74) is 0. The van der Waals surface area contributed by atoms with Gasteiger partial charge in [-0.1, -0.05) is 11.8 Å². The average Bonchev–Trinajstić information content (AvgIpc) is 2.97. The summed E-state index contributed by atoms with van der Waals surface area (Å²) in [5, 5.41) is 6.30. The van der Waals surface area contributed by atoms with Gasteiger partial charge < -0.3 is 15.5 Å². The number of rotatable bonds is 3. The predicted molar refractivity (Wildman–Crippen MR) is 75.1 cm³/mol. The van der Waals surface area contributed by atoms with Crippen LogP contribution in [-0.2, 0) is 4.79 Å². The van der Waals surface area contributed by atoms with E-state index >= 15 is 0 Å². The van der Waals surface area contributed by atoms with Gasteiger partial charge in [-0.15, -0.1) is 0 Å². The van der Waals surface area contributed by atoms with Crippen molar-refractivity contribution in [3.63, 3.8) is 0 Å². The van der Waals surface area contributed by atoms with Gasteiger partial charge in [0.05, 0.1) is 0 Å². The summed E-state index contributed by atoms with van der Waals surface area (Å²) in [6.45, 7) is 2.77. The molecule has 0 radical (unpaired) electrons. The van der Waals surface area contributed by atoms with Crippen LogP contribution in [-0.4, -0.2) is 52.5 Å². The van der Waals surface area contributed by atoms with Gasteiger partial charge in [0.15, 0.2) is 0 Å². The molecule has 0 aliphatic carbocycles. The van der Waals surface area contributed by atoms with Gasteiger partial charge in [-0.3, -0.25) is 9.59 Å². The van der Waals surface area contributed by atoms with Crippen molar-refractivity contribution in [3.05, 3.63) is 0 Å². The minimum absolute atomic E-state index is 0.0696. The second-order valence-corrected chi connectivity index (χ2v) is 6.68. The van der Waals surface area contributed by atoms with E-state index in [1.165, 1.54) is 24.6 Å². The summed E-state index contributed by atoms with van der Waals surface area (Å²) < 4.78 is 0. The van der Waals surface area contributed by atoms with Gasteiger partial charge in [-0.05, 0) is 32.6 Å². The van der Waals surface area contributed by atoms with Gasteiger partial charge in [-0.2, -0.15) is 0 Å². The number of hydrogen-bond donors (Lipinski definition) is 2. The number of thioether (sulfide) groups is 1. The van der Waals surface area contributed by atoms with Crippen molar-refractivity contribution >= 4 is 22.9 Å². The largest absolute Gasteiger partial charge is 0.338 e. The van der Waals surface area contributed by atoms with Crippen LogP contribution in [0.3, 0.4) is 0 Å². The minimum Gasteiger partial charge on any atom is -0.338 e. The lowest BCUT2D eigenvalue weighted by Crippen LogP contribution is -2.54. The molecule has 3 aliphatic heterocycles. The molecule has 2 bridgehead atoms. The van der Waals surface area contributed by atoms with E-state index in [0.717, 1.165) is 19.4 Å². The van der Waals surface area contributed by atoms with Crippen LogP contribution >= 0.6 is 11.8 Å². The summed E-state index contributed by atoms with van der Waals surface area (Å²) in [6, 6.07) is 1.19. The van der Waals surface area contributed by atoms with Crippen molar-refractivity contribution in [1.29, 1.82) is 0 Å². The molecule has 6 heteroatoms. The van der Waals surface area contributed by atoms with E-state index in [-0.39, 0.29) is 17.2 Å². The lowest BCUT2D eigenvalue weighted by atomic mass is 9.97. The molecule has 3 heterocycles. The van der Waals surface area contributed by atoms with Gasteiger partial charge in [0.2, 0.25) is 5.91 Å². The van der Waals surface area contributed by atoms with E-state index in [9.17, 15) is 9.59 Å². The van der Waals surface area contributed by atoms with Crippen molar-refractivity contribution in [2.45, 2.75) is 56.8 Å². The maximum Gasteiger partial charge on any atom is 0.279 e. The fourth-order valence-corrected chi connectivity index (χ4v) is 4.36. The molecule has 3 unspecified atom stereocenters. The summed E-state index contributed by atoms with van der Waals surface area (Å²) in [4.78, 5) is 25.8. The molecular formula is C13H21N3O2S. The highest BCUT2D eigenvalue weighted by Gasteiger charge is 2.39. The molecule has 3 fully saturated rings. The highest BCUT2D eigenvalue weighted by molar-refractivity contribution is 8.14. The standard InChI is InChI=1S/C13H21N3O2S/c1-2-16(12(17)11-7-19-13(18)15-11)10-5-8-3-4-9(6-10)14-8/h8-11,14H,2-7H2,1H3,(H,15,18). The highest BCUT2D eigenvalue weighted by atomic mass is 32.2. The smallest absolute Gasteiger partial charge is 0.279 e. The molecule has 0 spiro atoms. The molecule has 5 nitrogen and oxygen atoms in total. The van der Waals surface area contributed by atoms with Gasteiger partial charge >= 0.3 is 0 Å². The number of nitrogens with zero attached hydrogens (tertiary/aromatic N) is 1. The second-order valence-electron chi connectivity index (χ2n) is 5.68. The Morgan fingerprint density at radius 2 is 2.05 bits per heavy atom. The number of likely N-dealkylation sites (N-methyl/N-ethyl adjacent to an activating group) is 1. The fourth-order valence-electron chi connectivity index (χ4n) is 3.59. The van der Waals surface area contributed by atoms with E-state index in [2.05, 4.69) is 10.6 Å². The van der Waals surface area contributed by atoms with Crippen LogP contribution in [0.15, 0.2) is 0 Å². The van der Waals surface area contributed by atoms with Crippen molar-refractivity contribution < 1.29 is 9.59 Å². The van der Waals surface area contributed by atoms with E-state index in [1.807, 2.05) is 11.8 Å². The Labute approximate surface area is 117 Å². The second kappa shape index (κ2) is 5.32. The quantitative estimate of drug-likeness (QED) is 0.809. The van der Waals surface area contributed by atoms with E-state index in [1.54, 1.807) is 0 Å². The van der Waals surface area contributed by atoms with Crippen molar-refractivity contribution in [1.82, 2.24) is 15.5 Å². The number of carbonyl (C=O) groups excluding carboxylic acids is 2. The van der Waals surface area contributed by atoms with Gasteiger partial charge in [0, 0.05) is 30.4 Å². The number of hydrogen-bond acceptors (Lipinski definition) is 4. The molecule has 0 aromatic rings. The summed E-state index contributed by atoms with van der Waals surface area (Å²) in [5.74, 6) is 0.679. The predicted octanol–water partition coefficient (Wildman–Crippen LogP) is 0.943. The Morgan fingerprint density at radius 3 is 2.58 bits per heavy atom. The third-order valence-electron chi connectivity index (χ3n) is 4.48. The molecule has 3 atom stereocenters. The van der Waals surface area contributed by atoms with Crippen LogP contribution in [0.4, 0.5) is 4.79 Å². The van der Waals surface area contributed by atoms with Crippen LogP contribution in [0.5, 0.6) is 0 Å². The zero-order valence-electron chi connectivity index (χ0n) is 11.2. The van der Waals surface area contributed by atoms with Gasteiger partial charge in [0.25, 0.3) is 5.24 Å². The Balaban J connectivity index is 1.66. The summed E-state index contributed by atoms with van der Waals surface area (Å²) >= 11 is 1.21. The number of carbonyl (C=O) groups is 2. The third-order valence-corrected chi connectivity index (χ3v) is 5.36. The molecule has 2 N–H and O–H groups in total. The molecule has 3 saturated heterocycles. The lowest BCUT2D eigenvalue weighted by molar-refractivity contribution is -0.135. The minimum atomic E-state index is -0.315. The topological polar surface area (TPSA) is 61.4 Å². The van der Waals surface area contributed by atoms with E-state index in [0.29, 0.717) is 23.9 Å². The normalized spacial score (nSPS) is 37.2. The maximum atomic E-state index is 12.5. The van der Waals surface area contributed by atoms with Crippen LogP contribution in [0.2, 0.25) is 0 Å². The van der Waals surface area contributed by atoms with Crippen LogP contribution in [0, 0.1) is 0 Å². The van der Waals surface area contributed by atoms with Crippen molar-refractivity contribution in [2.75, 3.05) is 12.3 Å². The third kappa shape index (κ3) is 2.60. The van der Waals surface area contributed by atoms with Crippen LogP contribution < -0.4 is 10.6 Å². The Hall–Kier alpha value is -0.750. The summed E-state index contributed by atoms with van der Waals surface area (Å²) in [6.07, 6.45) is 4.60. The Morgan fingerprint density at radius 1 is 1.37 bits per heavy atom. The molecule has 0 saturated carbocycles.